The highest BCUT2D eigenvalue weighted by atomic mass is 16.1. The van der Waals surface area contributed by atoms with Gasteiger partial charge in [-0.25, -0.2) is 0 Å². The average Bonchev–Trinajstić information content (AvgIpc) is 2.62. The summed E-state index contributed by atoms with van der Waals surface area (Å²) in [6.45, 7) is 2.00. The summed E-state index contributed by atoms with van der Waals surface area (Å²) >= 11 is 0. The monoisotopic (exact) mass is 326 g/mol. The highest BCUT2D eigenvalue weighted by molar-refractivity contribution is 6.07. The van der Waals surface area contributed by atoms with E-state index in [9.17, 15) is 9.59 Å². The van der Waals surface area contributed by atoms with E-state index in [2.05, 4.69) is 9.97 Å². The quantitative estimate of drug-likeness (QED) is 0.566. The van der Waals surface area contributed by atoms with Crippen molar-refractivity contribution in [3.8, 4) is 0 Å². The van der Waals surface area contributed by atoms with E-state index in [4.69, 9.17) is 11.5 Å². The van der Waals surface area contributed by atoms with Gasteiger partial charge < -0.3 is 11.5 Å². The highest BCUT2D eigenvalue weighted by Crippen LogP contribution is 2.24. The summed E-state index contributed by atoms with van der Waals surface area (Å²) in [7, 11) is 0. The van der Waals surface area contributed by atoms with Crippen molar-refractivity contribution in [1.82, 2.24) is 9.97 Å². The Balaban J connectivity index is 2.35. The maximum absolute atomic E-state index is 12.8. The molecule has 2 heterocycles. The van der Waals surface area contributed by atoms with Crippen LogP contribution in [0.15, 0.2) is 48.8 Å². The summed E-state index contributed by atoms with van der Waals surface area (Å²) in [6.07, 6.45) is 5.02. The summed E-state index contributed by atoms with van der Waals surface area (Å²) in [5.74, 6) is -1.73. The van der Waals surface area contributed by atoms with Crippen LogP contribution in [0.3, 0.4) is 0 Å². The second-order valence-corrected chi connectivity index (χ2v) is 5.75. The first kappa shape index (κ1) is 17.9. The van der Waals surface area contributed by atoms with Gasteiger partial charge in [-0.2, -0.15) is 0 Å². The molecular weight excluding hydrogens is 304 g/mol. The predicted molar refractivity (Wildman–Crippen MR) is 91.3 cm³/mol. The number of nitrogens with two attached hydrogens (primary N) is 2. The summed E-state index contributed by atoms with van der Waals surface area (Å²) < 4.78 is 0. The molecule has 0 aliphatic carbocycles. The van der Waals surface area contributed by atoms with Crippen LogP contribution < -0.4 is 11.5 Å². The zero-order chi connectivity index (χ0) is 17.6. The third-order valence-corrected chi connectivity index (χ3v) is 3.95. The lowest BCUT2D eigenvalue weighted by molar-refractivity contribution is 0.0708. The number of aromatic nitrogens is 2. The number of unbranched alkanes of at least 4 members (excludes halogenated alkanes) is 1. The maximum atomic E-state index is 12.8. The van der Waals surface area contributed by atoms with Crippen LogP contribution in [0.5, 0.6) is 0 Å². The zero-order valence-corrected chi connectivity index (χ0v) is 13.7. The Kier molecular flexibility index (Phi) is 5.89. The number of nitrogens with zero attached hydrogens (tertiary/aromatic N) is 2. The zero-order valence-electron chi connectivity index (χ0n) is 13.7. The van der Waals surface area contributed by atoms with Gasteiger partial charge >= 0.3 is 0 Å². The molecule has 2 aromatic rings. The van der Waals surface area contributed by atoms with Crippen LogP contribution in [-0.4, -0.2) is 27.2 Å². The molecule has 0 saturated heterocycles. The highest BCUT2D eigenvalue weighted by Gasteiger charge is 2.43. The van der Waals surface area contributed by atoms with Gasteiger partial charge in [-0.15, -0.1) is 0 Å². The molecule has 0 aliphatic rings. The Hall–Kier alpha value is -2.44. The Bertz CT molecular complexity index is 687. The lowest BCUT2D eigenvalue weighted by Gasteiger charge is -2.31. The number of pyridine rings is 2. The minimum atomic E-state index is -1.84. The molecule has 1 atom stereocenters. The minimum Gasteiger partial charge on any atom is -0.306 e. The van der Waals surface area contributed by atoms with Gasteiger partial charge in [-0.1, -0.05) is 31.9 Å². The molecule has 4 N–H and O–H groups in total. The van der Waals surface area contributed by atoms with E-state index in [1.807, 2.05) is 6.92 Å². The normalized spacial score (nSPS) is 12.6. The molecule has 0 amide bonds. The van der Waals surface area contributed by atoms with Crippen molar-refractivity contribution >= 4 is 11.6 Å². The first-order valence-corrected chi connectivity index (χ1v) is 7.97. The van der Waals surface area contributed by atoms with Crippen LogP contribution in [0.1, 0.15) is 47.2 Å². The predicted octanol–water partition coefficient (Wildman–Crippen LogP) is 1.96. The summed E-state index contributed by atoms with van der Waals surface area (Å²) in [5.41, 5.74) is 10.9. The molecule has 0 aliphatic heterocycles. The smallest absolute Gasteiger partial charge is 0.216 e. The van der Waals surface area contributed by atoms with E-state index < -0.39 is 17.4 Å². The number of hydrogen-bond acceptors (Lipinski definition) is 6. The van der Waals surface area contributed by atoms with E-state index in [0.29, 0.717) is 6.42 Å². The van der Waals surface area contributed by atoms with Gasteiger partial charge in [0.05, 0.1) is 5.92 Å². The number of Topliss-reactive ketones (excluding diaryl/α,β-unsaturated/α-hetero) is 2. The molecule has 0 radical (unpaired) electrons. The fourth-order valence-electron chi connectivity index (χ4n) is 2.56. The second-order valence-electron chi connectivity index (χ2n) is 5.75. The molecule has 6 heteroatoms. The van der Waals surface area contributed by atoms with Gasteiger partial charge in [0, 0.05) is 12.4 Å². The lowest BCUT2D eigenvalue weighted by Crippen LogP contribution is -2.64. The topological polar surface area (TPSA) is 112 Å². The van der Waals surface area contributed by atoms with Crippen LogP contribution in [0, 0.1) is 5.92 Å². The minimum absolute atomic E-state index is 0.151. The number of carbonyl (C=O) groups is 2. The molecule has 2 aromatic heterocycles. The molecule has 126 valence electrons. The van der Waals surface area contributed by atoms with Crippen molar-refractivity contribution in [3.63, 3.8) is 0 Å². The van der Waals surface area contributed by atoms with E-state index in [1.54, 1.807) is 36.4 Å². The van der Waals surface area contributed by atoms with Gasteiger partial charge in [0.2, 0.25) is 5.78 Å². The van der Waals surface area contributed by atoms with Crippen molar-refractivity contribution in [2.45, 2.75) is 31.8 Å². The van der Waals surface area contributed by atoms with Crippen LogP contribution in [-0.2, 0) is 0 Å². The fourth-order valence-corrected chi connectivity index (χ4v) is 2.56. The molecule has 2 rings (SSSR count). The van der Waals surface area contributed by atoms with Gasteiger partial charge in [0.1, 0.15) is 17.1 Å². The van der Waals surface area contributed by atoms with E-state index in [0.717, 1.165) is 12.8 Å². The Morgan fingerprint density at radius 3 is 2.12 bits per heavy atom. The van der Waals surface area contributed by atoms with Crippen molar-refractivity contribution in [2.75, 3.05) is 0 Å². The number of hydrogen-bond donors (Lipinski definition) is 2. The Morgan fingerprint density at radius 1 is 1.04 bits per heavy atom. The van der Waals surface area contributed by atoms with Crippen molar-refractivity contribution in [3.05, 3.63) is 60.2 Å². The summed E-state index contributed by atoms with van der Waals surface area (Å²) in [5, 5.41) is 0. The van der Waals surface area contributed by atoms with Gasteiger partial charge in [-0.05, 0) is 30.7 Å². The molecule has 6 nitrogen and oxygen atoms in total. The maximum Gasteiger partial charge on any atom is 0.216 e. The lowest BCUT2D eigenvalue weighted by atomic mass is 9.80. The molecule has 0 fully saturated rings. The molecule has 0 saturated carbocycles. The molecule has 1 unspecified atom stereocenters. The number of rotatable bonds is 8. The van der Waals surface area contributed by atoms with Gasteiger partial charge in [-0.3, -0.25) is 19.6 Å². The third-order valence-electron chi connectivity index (χ3n) is 3.95. The second kappa shape index (κ2) is 7.90. The summed E-state index contributed by atoms with van der Waals surface area (Å²) in [4.78, 5) is 33.6. The molecular formula is C18H22N4O2. The first-order chi connectivity index (χ1) is 11.5. The molecule has 24 heavy (non-hydrogen) atoms. The molecule has 0 bridgehead atoms. The number of ketones is 2. The Labute approximate surface area is 141 Å². The first-order valence-electron chi connectivity index (χ1n) is 7.97. The molecule has 0 aromatic carbocycles. The van der Waals surface area contributed by atoms with Crippen molar-refractivity contribution < 1.29 is 9.59 Å². The SMILES string of the molecule is CCCCC(C(=O)c1ccccn1)C(N)(N)C(=O)c1ccccn1. The fraction of sp³-hybridized carbons (Fsp3) is 0.333. The average molecular weight is 326 g/mol. The van der Waals surface area contributed by atoms with E-state index >= 15 is 0 Å². The van der Waals surface area contributed by atoms with Crippen molar-refractivity contribution in [2.24, 2.45) is 17.4 Å². The van der Waals surface area contributed by atoms with E-state index in [-0.39, 0.29) is 17.2 Å². The van der Waals surface area contributed by atoms with Crippen LogP contribution in [0.4, 0.5) is 0 Å². The van der Waals surface area contributed by atoms with Gasteiger partial charge in [0.25, 0.3) is 0 Å². The van der Waals surface area contributed by atoms with Crippen LogP contribution in [0.2, 0.25) is 0 Å². The van der Waals surface area contributed by atoms with Crippen LogP contribution in [0.25, 0.3) is 0 Å². The van der Waals surface area contributed by atoms with Crippen molar-refractivity contribution in [1.29, 1.82) is 0 Å². The number of carbonyl (C=O) groups excluding carboxylic acids is 2. The van der Waals surface area contributed by atoms with E-state index in [1.165, 1.54) is 12.4 Å². The van der Waals surface area contributed by atoms with Gasteiger partial charge in [0.15, 0.2) is 5.78 Å². The molecule has 0 spiro atoms. The third kappa shape index (κ3) is 3.90. The van der Waals surface area contributed by atoms with Crippen LogP contribution >= 0.6 is 0 Å². The summed E-state index contributed by atoms with van der Waals surface area (Å²) in [6, 6.07) is 9.94. The standard InChI is InChI=1S/C18H22N4O2/c1-2-3-8-13(16(23)14-9-4-6-11-21-14)18(19,20)17(24)15-10-5-7-12-22-15/h4-7,9-13H,2-3,8,19-20H2,1H3. The Morgan fingerprint density at radius 2 is 1.62 bits per heavy atom. The largest absolute Gasteiger partial charge is 0.306 e.